The average Bonchev–Trinajstić information content (AvgIpc) is 2.41. The Kier molecular flexibility index (Phi) is 6.40. The van der Waals surface area contributed by atoms with Gasteiger partial charge in [0.2, 0.25) is 10.0 Å². The van der Waals surface area contributed by atoms with Crippen LogP contribution in [0.1, 0.15) is 19.3 Å². The van der Waals surface area contributed by atoms with Crippen molar-refractivity contribution in [2.75, 3.05) is 13.1 Å². The minimum atomic E-state index is -3.83. The van der Waals surface area contributed by atoms with Crippen molar-refractivity contribution in [3.8, 4) is 0 Å². The van der Waals surface area contributed by atoms with E-state index < -0.39 is 15.8 Å². The summed E-state index contributed by atoms with van der Waals surface area (Å²) in [5.41, 5.74) is 5.63. The predicted molar refractivity (Wildman–Crippen MR) is 81.9 cm³/mol. The molecule has 0 bridgehead atoms. The fourth-order valence-corrected chi connectivity index (χ4v) is 4.63. The largest absolute Gasteiger partial charge is 0.329 e. The molecule has 2 rings (SSSR count). The molecule has 1 atom stereocenters. The molecule has 1 unspecified atom stereocenters. The molecule has 1 aliphatic rings. The summed E-state index contributed by atoms with van der Waals surface area (Å²) in [6.45, 7) is 0.658. The normalized spacial score (nSPS) is 20.4. The molecule has 0 amide bonds. The van der Waals surface area contributed by atoms with Crippen molar-refractivity contribution in [1.82, 2.24) is 4.31 Å². The second kappa shape index (κ2) is 7.17. The summed E-state index contributed by atoms with van der Waals surface area (Å²) in [7, 11) is -3.83. The van der Waals surface area contributed by atoms with Gasteiger partial charge in [-0.1, -0.05) is 12.5 Å². The zero-order chi connectivity index (χ0) is 14.0. The minimum absolute atomic E-state index is 0. The van der Waals surface area contributed by atoms with E-state index in [0.29, 0.717) is 6.54 Å². The van der Waals surface area contributed by atoms with E-state index in [4.69, 9.17) is 5.73 Å². The van der Waals surface area contributed by atoms with Gasteiger partial charge in [0.15, 0.2) is 5.82 Å². The number of hydrogen-bond donors (Lipinski definition) is 1. The van der Waals surface area contributed by atoms with Crippen molar-refractivity contribution in [1.29, 1.82) is 0 Å². The second-order valence-electron chi connectivity index (χ2n) is 4.55. The van der Waals surface area contributed by atoms with Crippen LogP contribution in [0, 0.1) is 5.82 Å². The van der Waals surface area contributed by atoms with E-state index in [1.807, 2.05) is 0 Å². The van der Waals surface area contributed by atoms with Crippen LogP contribution in [-0.2, 0) is 10.0 Å². The van der Waals surface area contributed by atoms with E-state index in [9.17, 15) is 12.8 Å². The van der Waals surface area contributed by atoms with Gasteiger partial charge in [0.05, 0.1) is 4.47 Å². The van der Waals surface area contributed by atoms with Gasteiger partial charge in [-0.3, -0.25) is 0 Å². The number of benzene rings is 1. The van der Waals surface area contributed by atoms with E-state index in [-0.39, 0.29) is 34.4 Å². The van der Waals surface area contributed by atoms with Crippen LogP contribution in [0.2, 0.25) is 0 Å². The molecule has 2 N–H and O–H groups in total. The van der Waals surface area contributed by atoms with Crippen molar-refractivity contribution < 1.29 is 12.8 Å². The molecule has 1 aliphatic heterocycles. The van der Waals surface area contributed by atoms with Crippen LogP contribution in [-0.4, -0.2) is 31.9 Å². The van der Waals surface area contributed by atoms with Gasteiger partial charge in [-0.2, -0.15) is 4.31 Å². The van der Waals surface area contributed by atoms with Gasteiger partial charge in [0, 0.05) is 19.1 Å². The highest BCUT2D eigenvalue weighted by molar-refractivity contribution is 9.10. The first-order valence-corrected chi connectivity index (χ1v) is 8.37. The average molecular weight is 388 g/mol. The summed E-state index contributed by atoms with van der Waals surface area (Å²) in [6.07, 6.45) is 2.46. The molecule has 1 saturated heterocycles. The maximum absolute atomic E-state index is 14.0. The molecule has 0 aromatic heterocycles. The third kappa shape index (κ3) is 3.33. The number of piperidine rings is 1. The Labute approximate surface area is 133 Å². The second-order valence-corrected chi connectivity index (χ2v) is 7.27. The van der Waals surface area contributed by atoms with Crippen LogP contribution in [0.5, 0.6) is 0 Å². The molecule has 8 heteroatoms. The van der Waals surface area contributed by atoms with Gasteiger partial charge < -0.3 is 5.73 Å². The van der Waals surface area contributed by atoms with Gasteiger partial charge >= 0.3 is 0 Å². The van der Waals surface area contributed by atoms with Crippen molar-refractivity contribution >= 4 is 38.4 Å². The number of nitrogens with zero attached hydrogens (tertiary/aromatic N) is 1. The Morgan fingerprint density at radius 3 is 2.75 bits per heavy atom. The molecular weight excluding hydrogens is 371 g/mol. The summed E-state index contributed by atoms with van der Waals surface area (Å²) in [5.74, 6) is -0.746. The lowest BCUT2D eigenvalue weighted by Crippen LogP contribution is -2.47. The number of nitrogens with two attached hydrogens (primary N) is 1. The Hall–Kier alpha value is -0.210. The van der Waals surface area contributed by atoms with Gasteiger partial charge in [-0.05, 0) is 40.9 Å². The maximum atomic E-state index is 14.0. The van der Waals surface area contributed by atoms with Crippen LogP contribution in [0.3, 0.4) is 0 Å². The number of hydrogen-bond acceptors (Lipinski definition) is 3. The lowest BCUT2D eigenvalue weighted by Gasteiger charge is -2.33. The molecular formula is C12H17BrClFN2O2S. The van der Waals surface area contributed by atoms with Crippen LogP contribution in [0.25, 0.3) is 0 Å². The molecule has 1 aromatic rings. The van der Waals surface area contributed by atoms with Crippen molar-refractivity contribution in [3.63, 3.8) is 0 Å². The van der Waals surface area contributed by atoms with Gasteiger partial charge in [0.1, 0.15) is 4.90 Å². The van der Waals surface area contributed by atoms with E-state index >= 15 is 0 Å². The maximum Gasteiger partial charge on any atom is 0.246 e. The Morgan fingerprint density at radius 2 is 2.10 bits per heavy atom. The Bertz CT molecular complexity index is 571. The van der Waals surface area contributed by atoms with Gasteiger partial charge in [-0.25, -0.2) is 12.8 Å². The smallest absolute Gasteiger partial charge is 0.246 e. The minimum Gasteiger partial charge on any atom is -0.329 e. The van der Waals surface area contributed by atoms with Crippen LogP contribution >= 0.6 is 28.3 Å². The zero-order valence-electron chi connectivity index (χ0n) is 10.8. The molecule has 0 saturated carbocycles. The molecule has 1 fully saturated rings. The van der Waals surface area contributed by atoms with Gasteiger partial charge in [-0.15, -0.1) is 12.4 Å². The number of rotatable bonds is 3. The van der Waals surface area contributed by atoms with Crippen LogP contribution in [0.15, 0.2) is 27.6 Å². The third-order valence-electron chi connectivity index (χ3n) is 3.35. The molecule has 0 radical (unpaired) electrons. The first kappa shape index (κ1) is 17.8. The van der Waals surface area contributed by atoms with E-state index in [1.165, 1.54) is 22.5 Å². The summed E-state index contributed by atoms with van der Waals surface area (Å²) in [4.78, 5) is -0.290. The van der Waals surface area contributed by atoms with E-state index in [1.54, 1.807) is 0 Å². The molecule has 1 heterocycles. The van der Waals surface area contributed by atoms with Crippen molar-refractivity contribution in [3.05, 3.63) is 28.5 Å². The quantitative estimate of drug-likeness (QED) is 0.867. The summed E-state index contributed by atoms with van der Waals surface area (Å²) in [6, 6.07) is 4.04. The molecule has 0 aliphatic carbocycles. The van der Waals surface area contributed by atoms with Crippen LogP contribution < -0.4 is 5.73 Å². The fourth-order valence-electron chi connectivity index (χ4n) is 2.34. The Balaban J connectivity index is 0.00000200. The molecule has 114 valence electrons. The predicted octanol–water partition coefficient (Wildman–Crippen LogP) is 2.51. The monoisotopic (exact) mass is 386 g/mol. The highest BCUT2D eigenvalue weighted by Crippen LogP contribution is 2.29. The van der Waals surface area contributed by atoms with Crippen LogP contribution in [0.4, 0.5) is 4.39 Å². The molecule has 1 aromatic carbocycles. The molecule has 4 nitrogen and oxygen atoms in total. The first-order chi connectivity index (χ1) is 8.98. The Morgan fingerprint density at radius 1 is 1.40 bits per heavy atom. The highest BCUT2D eigenvalue weighted by Gasteiger charge is 2.34. The van der Waals surface area contributed by atoms with E-state index in [0.717, 1.165) is 19.3 Å². The van der Waals surface area contributed by atoms with Crippen molar-refractivity contribution in [2.45, 2.75) is 30.2 Å². The fraction of sp³-hybridized carbons (Fsp3) is 0.500. The first-order valence-electron chi connectivity index (χ1n) is 6.14. The standard InChI is InChI=1S/C12H16BrFN2O2S.ClH/c13-10-5-3-6-11(12(10)14)19(17,18)16-7-2-1-4-9(16)8-15;/h3,5-6,9H,1-2,4,7-8,15H2;1H. The third-order valence-corrected chi connectivity index (χ3v) is 5.93. The molecule has 20 heavy (non-hydrogen) atoms. The number of halogens is 3. The van der Waals surface area contributed by atoms with Crippen molar-refractivity contribution in [2.24, 2.45) is 5.73 Å². The lowest BCUT2D eigenvalue weighted by molar-refractivity contribution is 0.257. The number of sulfonamides is 1. The summed E-state index contributed by atoms with van der Waals surface area (Å²) < 4.78 is 40.6. The summed E-state index contributed by atoms with van der Waals surface area (Å²) in [5, 5.41) is 0. The SMILES string of the molecule is Cl.NCC1CCCCN1S(=O)(=O)c1cccc(Br)c1F. The van der Waals surface area contributed by atoms with Gasteiger partial charge in [0.25, 0.3) is 0 Å². The molecule has 0 spiro atoms. The highest BCUT2D eigenvalue weighted by atomic mass is 79.9. The topological polar surface area (TPSA) is 63.4 Å². The van der Waals surface area contributed by atoms with E-state index in [2.05, 4.69) is 15.9 Å². The lowest BCUT2D eigenvalue weighted by atomic mass is 10.1. The summed E-state index contributed by atoms with van der Waals surface area (Å²) >= 11 is 3.01. The zero-order valence-corrected chi connectivity index (χ0v) is 14.0.